The first kappa shape index (κ1) is 17.2. The molecule has 2 N–H and O–H groups in total. The first-order valence-electron chi connectivity index (χ1n) is 8.75. The van der Waals surface area contributed by atoms with E-state index in [-0.39, 0.29) is 11.9 Å². The van der Waals surface area contributed by atoms with Gasteiger partial charge in [0.15, 0.2) is 0 Å². The van der Waals surface area contributed by atoms with E-state index in [1.807, 2.05) is 24.3 Å². The molecule has 0 radical (unpaired) electrons. The highest BCUT2D eigenvalue weighted by Gasteiger charge is 2.32. The Kier molecular flexibility index (Phi) is 5.42. The van der Waals surface area contributed by atoms with E-state index in [1.165, 1.54) is 19.3 Å². The van der Waals surface area contributed by atoms with Crippen LogP contribution in [0.2, 0.25) is 5.02 Å². The maximum atomic E-state index is 12.5. The lowest BCUT2D eigenvalue weighted by atomic mass is 9.84. The third-order valence-corrected chi connectivity index (χ3v) is 5.51. The Balaban J connectivity index is 1.96. The summed E-state index contributed by atoms with van der Waals surface area (Å²) < 4.78 is 0. The monoisotopic (exact) mass is 344 g/mol. The van der Waals surface area contributed by atoms with Crippen LogP contribution in [-0.4, -0.2) is 18.5 Å². The molecule has 2 aliphatic rings. The number of amides is 1. The van der Waals surface area contributed by atoms with E-state index in [4.69, 9.17) is 11.6 Å². The topological polar surface area (TPSA) is 41.1 Å². The number of carbonyl (C=O) groups excluding carboxylic acids is 1. The minimum absolute atomic E-state index is 0.000752. The zero-order valence-electron chi connectivity index (χ0n) is 14.1. The van der Waals surface area contributed by atoms with Crippen molar-refractivity contribution >= 4 is 17.5 Å². The molecule has 1 aromatic carbocycles. The third-order valence-electron chi connectivity index (χ3n) is 5.26. The van der Waals surface area contributed by atoms with Crippen LogP contribution in [0.25, 0.3) is 0 Å². The molecule has 1 heterocycles. The molecule has 1 aliphatic carbocycles. The van der Waals surface area contributed by atoms with Crippen LogP contribution >= 0.6 is 11.6 Å². The highest BCUT2D eigenvalue weighted by Crippen LogP contribution is 2.32. The molecule has 1 fully saturated rings. The molecule has 24 heavy (non-hydrogen) atoms. The summed E-state index contributed by atoms with van der Waals surface area (Å²) in [5.41, 5.74) is 2.85. The van der Waals surface area contributed by atoms with Crippen molar-refractivity contribution in [2.75, 3.05) is 6.54 Å². The van der Waals surface area contributed by atoms with E-state index in [1.54, 1.807) is 6.08 Å². The number of halogens is 1. The molecule has 3 nitrogen and oxygen atoms in total. The normalized spacial score (nSPS) is 25.5. The van der Waals surface area contributed by atoms with Crippen LogP contribution in [0.15, 0.2) is 48.1 Å². The molecule has 0 aromatic heterocycles. The van der Waals surface area contributed by atoms with Gasteiger partial charge in [-0.1, -0.05) is 56.2 Å². The van der Waals surface area contributed by atoms with Crippen molar-refractivity contribution in [2.45, 2.75) is 44.7 Å². The van der Waals surface area contributed by atoms with Gasteiger partial charge in [-0.05, 0) is 42.0 Å². The molecule has 1 aliphatic heterocycles. The Morgan fingerprint density at radius 3 is 2.67 bits per heavy atom. The zero-order valence-corrected chi connectivity index (χ0v) is 14.9. The summed E-state index contributed by atoms with van der Waals surface area (Å²) in [5.74, 6) is 0.617. The second-order valence-corrected chi connectivity index (χ2v) is 7.28. The van der Waals surface area contributed by atoms with Crippen LogP contribution < -0.4 is 10.6 Å². The van der Waals surface area contributed by atoms with Crippen LogP contribution in [0, 0.1) is 5.92 Å². The highest BCUT2D eigenvalue weighted by molar-refractivity contribution is 6.30. The highest BCUT2D eigenvalue weighted by atomic mass is 35.5. The Bertz CT molecular complexity index is 650. The molecule has 1 amide bonds. The fraction of sp³-hybridized carbons (Fsp3) is 0.450. The summed E-state index contributed by atoms with van der Waals surface area (Å²) in [7, 11) is 0. The van der Waals surface area contributed by atoms with Gasteiger partial charge in [-0.2, -0.15) is 0 Å². The predicted molar refractivity (Wildman–Crippen MR) is 99.0 cm³/mol. The maximum absolute atomic E-state index is 12.5. The van der Waals surface area contributed by atoms with Crippen molar-refractivity contribution in [2.24, 2.45) is 5.92 Å². The van der Waals surface area contributed by atoms with Crippen molar-refractivity contribution in [1.82, 2.24) is 10.6 Å². The van der Waals surface area contributed by atoms with E-state index in [2.05, 4.69) is 24.1 Å². The average Bonchev–Trinajstić information content (AvgIpc) is 2.96. The number of hydrogen-bond donors (Lipinski definition) is 2. The lowest BCUT2D eigenvalue weighted by Gasteiger charge is -2.34. The third kappa shape index (κ3) is 3.57. The molecular weight excluding hydrogens is 320 g/mol. The lowest BCUT2D eigenvalue weighted by Crippen LogP contribution is -2.41. The Morgan fingerprint density at radius 1 is 1.29 bits per heavy atom. The minimum Gasteiger partial charge on any atom is -0.348 e. The predicted octanol–water partition coefficient (Wildman–Crippen LogP) is 4.16. The van der Waals surface area contributed by atoms with Gasteiger partial charge in [0.05, 0.1) is 6.04 Å². The summed E-state index contributed by atoms with van der Waals surface area (Å²) >= 11 is 6.05. The summed E-state index contributed by atoms with van der Waals surface area (Å²) in [5, 5.41) is 7.40. The summed E-state index contributed by atoms with van der Waals surface area (Å²) in [6, 6.07) is 8.09. The largest absolute Gasteiger partial charge is 0.348 e. The van der Waals surface area contributed by atoms with Gasteiger partial charge in [0, 0.05) is 23.2 Å². The van der Waals surface area contributed by atoms with Crippen LogP contribution in [0.4, 0.5) is 0 Å². The van der Waals surface area contributed by atoms with Gasteiger partial charge in [0.25, 0.3) is 0 Å². The zero-order chi connectivity index (χ0) is 17.1. The van der Waals surface area contributed by atoms with Gasteiger partial charge in [0.1, 0.15) is 0 Å². The van der Waals surface area contributed by atoms with Gasteiger partial charge in [-0.25, -0.2) is 0 Å². The van der Waals surface area contributed by atoms with Crippen LogP contribution in [-0.2, 0) is 4.79 Å². The second-order valence-electron chi connectivity index (χ2n) is 6.85. The van der Waals surface area contributed by atoms with E-state index < -0.39 is 0 Å². The molecule has 1 aromatic rings. The minimum atomic E-state index is -0.122. The van der Waals surface area contributed by atoms with Crippen LogP contribution in [0.1, 0.15) is 44.2 Å². The first-order chi connectivity index (χ1) is 11.6. The number of carbonyl (C=O) groups is 1. The standard InChI is InChI=1S/C20H25ClN2O/c1-3-14-12-22-20(24)18(14)19(15-8-10-16(21)11-9-15)23-17-7-5-4-6-13(17)2/h3,8-11,13,17,19,23H,1,4-7,12H2,2H3,(H,22,24)/t13?,17-,19-/m1/s1. The maximum Gasteiger partial charge on any atom is 0.249 e. The first-order valence-corrected chi connectivity index (χ1v) is 9.13. The number of nitrogens with one attached hydrogen (secondary N) is 2. The van der Waals surface area contributed by atoms with Crippen LogP contribution in [0.3, 0.4) is 0 Å². The van der Waals surface area contributed by atoms with E-state index in [0.29, 0.717) is 23.5 Å². The molecule has 0 spiro atoms. The van der Waals surface area contributed by atoms with Gasteiger partial charge in [0.2, 0.25) is 5.91 Å². The fourth-order valence-electron chi connectivity index (χ4n) is 3.79. The van der Waals surface area contributed by atoms with Gasteiger partial charge < -0.3 is 10.6 Å². The van der Waals surface area contributed by atoms with Gasteiger partial charge in [-0.3, -0.25) is 4.79 Å². The number of rotatable bonds is 5. The lowest BCUT2D eigenvalue weighted by molar-refractivity contribution is -0.117. The van der Waals surface area contributed by atoms with Crippen molar-refractivity contribution < 1.29 is 4.79 Å². The van der Waals surface area contributed by atoms with Crippen molar-refractivity contribution in [1.29, 1.82) is 0 Å². The quantitative estimate of drug-likeness (QED) is 0.842. The summed E-state index contributed by atoms with van der Waals surface area (Å²) in [6.07, 6.45) is 6.73. The summed E-state index contributed by atoms with van der Waals surface area (Å²) in [6.45, 7) is 6.74. The molecule has 3 rings (SSSR count). The Morgan fingerprint density at radius 2 is 2.00 bits per heavy atom. The number of hydrogen-bond acceptors (Lipinski definition) is 2. The molecule has 0 bridgehead atoms. The molecule has 1 saturated carbocycles. The Labute approximate surface area is 149 Å². The molecule has 4 heteroatoms. The van der Waals surface area contributed by atoms with Crippen molar-refractivity contribution in [3.05, 3.63) is 58.7 Å². The SMILES string of the molecule is C=CC1=C([C@H](N[C@@H]2CCCCC2C)c2ccc(Cl)cc2)C(=O)NC1. The van der Waals surface area contributed by atoms with Gasteiger partial charge >= 0.3 is 0 Å². The second kappa shape index (κ2) is 7.54. The van der Waals surface area contributed by atoms with E-state index >= 15 is 0 Å². The van der Waals surface area contributed by atoms with E-state index in [0.717, 1.165) is 23.1 Å². The molecule has 0 saturated heterocycles. The summed E-state index contributed by atoms with van der Waals surface area (Å²) in [4.78, 5) is 12.5. The fourth-order valence-corrected chi connectivity index (χ4v) is 3.92. The van der Waals surface area contributed by atoms with Gasteiger partial charge in [-0.15, -0.1) is 0 Å². The number of benzene rings is 1. The average molecular weight is 345 g/mol. The van der Waals surface area contributed by atoms with Crippen molar-refractivity contribution in [3.63, 3.8) is 0 Å². The molecule has 3 atom stereocenters. The molecule has 128 valence electrons. The van der Waals surface area contributed by atoms with E-state index in [9.17, 15) is 4.79 Å². The van der Waals surface area contributed by atoms with Crippen LogP contribution in [0.5, 0.6) is 0 Å². The Hall–Kier alpha value is -1.58. The molecular formula is C20H25ClN2O. The smallest absolute Gasteiger partial charge is 0.249 e. The molecule has 1 unspecified atom stereocenters. The van der Waals surface area contributed by atoms with Crippen molar-refractivity contribution in [3.8, 4) is 0 Å².